The van der Waals surface area contributed by atoms with Gasteiger partial charge in [-0.1, -0.05) is 30.3 Å². The highest BCUT2D eigenvalue weighted by Gasteiger charge is 2.45. The van der Waals surface area contributed by atoms with Crippen molar-refractivity contribution in [3.05, 3.63) is 48.2 Å². The number of para-hydroxylation sites is 1. The summed E-state index contributed by atoms with van der Waals surface area (Å²) >= 11 is 0. The number of carbonyl (C=O) groups is 2. The number of nitrogens with zero attached hydrogens (tertiary/aromatic N) is 3. The summed E-state index contributed by atoms with van der Waals surface area (Å²) in [6, 6.07) is 14.0. The van der Waals surface area contributed by atoms with Crippen LogP contribution in [-0.4, -0.2) is 42.8 Å². The average Bonchev–Trinajstić information content (AvgIpc) is 2.68. The third-order valence-corrected chi connectivity index (χ3v) is 5.70. The van der Waals surface area contributed by atoms with Crippen LogP contribution in [0.25, 0.3) is 21.7 Å². The standard InChI is InChI=1S/C22H23N3O2/c1-22(13-12-18(26)24(2)3)20-19-15(14-8-5-6-10-16(14)23-20)9-7-11-17(19)25(4)21(22)27/h5-11H,12-13H2,1-4H3. The van der Waals surface area contributed by atoms with Crippen molar-refractivity contribution in [2.24, 2.45) is 0 Å². The van der Waals surface area contributed by atoms with E-state index in [2.05, 4.69) is 12.1 Å². The summed E-state index contributed by atoms with van der Waals surface area (Å²) in [5, 5.41) is 3.18. The Morgan fingerprint density at radius 3 is 2.56 bits per heavy atom. The summed E-state index contributed by atoms with van der Waals surface area (Å²) in [6.45, 7) is 1.92. The first-order valence-corrected chi connectivity index (χ1v) is 9.15. The Hall–Kier alpha value is -2.95. The molecule has 0 spiro atoms. The first kappa shape index (κ1) is 17.5. The Bertz CT molecular complexity index is 1090. The van der Waals surface area contributed by atoms with Gasteiger partial charge in [-0.15, -0.1) is 0 Å². The van der Waals surface area contributed by atoms with E-state index in [1.165, 1.54) is 0 Å². The molecule has 27 heavy (non-hydrogen) atoms. The number of hydrogen-bond donors (Lipinski definition) is 0. The van der Waals surface area contributed by atoms with Gasteiger partial charge in [-0.3, -0.25) is 14.6 Å². The second-order valence-electron chi connectivity index (χ2n) is 7.66. The molecule has 1 atom stereocenters. The van der Waals surface area contributed by atoms with Gasteiger partial charge in [-0.2, -0.15) is 0 Å². The Labute approximate surface area is 158 Å². The van der Waals surface area contributed by atoms with Crippen LogP contribution in [0, 0.1) is 0 Å². The molecule has 4 rings (SSSR count). The van der Waals surface area contributed by atoms with E-state index < -0.39 is 5.41 Å². The Morgan fingerprint density at radius 2 is 1.81 bits per heavy atom. The molecule has 3 aromatic rings. The fraction of sp³-hybridized carbons (Fsp3) is 0.318. The van der Waals surface area contributed by atoms with Crippen molar-refractivity contribution in [2.45, 2.75) is 25.2 Å². The number of fused-ring (bicyclic) bond motifs is 2. The topological polar surface area (TPSA) is 53.5 Å². The molecule has 2 heterocycles. The molecule has 5 nitrogen and oxygen atoms in total. The second-order valence-corrected chi connectivity index (χ2v) is 7.66. The Morgan fingerprint density at radius 1 is 1.11 bits per heavy atom. The lowest BCUT2D eigenvalue weighted by molar-refractivity contribution is -0.129. The van der Waals surface area contributed by atoms with Crippen molar-refractivity contribution in [1.29, 1.82) is 0 Å². The summed E-state index contributed by atoms with van der Waals surface area (Å²) in [4.78, 5) is 33.7. The minimum atomic E-state index is -0.836. The first-order valence-electron chi connectivity index (χ1n) is 9.15. The molecule has 1 aliphatic heterocycles. The van der Waals surface area contributed by atoms with Crippen LogP contribution in [-0.2, 0) is 15.0 Å². The molecule has 0 radical (unpaired) electrons. The molecule has 0 saturated heterocycles. The minimum Gasteiger partial charge on any atom is -0.349 e. The van der Waals surface area contributed by atoms with Gasteiger partial charge in [0.2, 0.25) is 11.8 Å². The van der Waals surface area contributed by atoms with E-state index in [-0.39, 0.29) is 11.8 Å². The van der Waals surface area contributed by atoms with Gasteiger partial charge in [0.05, 0.1) is 22.3 Å². The maximum absolute atomic E-state index is 13.3. The van der Waals surface area contributed by atoms with Crippen molar-refractivity contribution in [3.63, 3.8) is 0 Å². The molecule has 5 heteroatoms. The summed E-state index contributed by atoms with van der Waals surface area (Å²) in [6.07, 6.45) is 0.739. The third kappa shape index (κ3) is 2.49. The van der Waals surface area contributed by atoms with Crippen LogP contribution in [0.1, 0.15) is 25.5 Å². The highest BCUT2D eigenvalue weighted by molar-refractivity contribution is 6.19. The van der Waals surface area contributed by atoms with Crippen LogP contribution in [0.2, 0.25) is 0 Å². The van der Waals surface area contributed by atoms with Crippen molar-refractivity contribution in [3.8, 4) is 0 Å². The van der Waals surface area contributed by atoms with Gasteiger partial charge < -0.3 is 9.80 Å². The second kappa shape index (κ2) is 6.05. The molecule has 1 unspecified atom stereocenters. The Balaban J connectivity index is 1.99. The zero-order valence-corrected chi connectivity index (χ0v) is 16.1. The van der Waals surface area contributed by atoms with E-state index in [1.807, 2.05) is 37.3 Å². The molecule has 0 bridgehead atoms. The highest BCUT2D eigenvalue weighted by Crippen LogP contribution is 2.45. The molecule has 0 aliphatic carbocycles. The number of hydrogen-bond acceptors (Lipinski definition) is 3. The maximum atomic E-state index is 13.3. The number of amides is 2. The summed E-state index contributed by atoms with van der Waals surface area (Å²) in [7, 11) is 5.28. The molecule has 138 valence electrons. The monoisotopic (exact) mass is 361 g/mol. The normalized spacial score (nSPS) is 19.0. The fourth-order valence-corrected chi connectivity index (χ4v) is 4.05. The molecule has 1 aromatic heterocycles. The molecule has 2 aromatic carbocycles. The van der Waals surface area contributed by atoms with E-state index in [1.54, 1.807) is 30.9 Å². The number of carbonyl (C=O) groups excluding carboxylic acids is 2. The summed E-state index contributed by atoms with van der Waals surface area (Å²) < 4.78 is 0. The molecule has 0 N–H and O–H groups in total. The third-order valence-electron chi connectivity index (χ3n) is 5.70. The molecule has 0 saturated carbocycles. The van der Waals surface area contributed by atoms with Crippen LogP contribution in [0.15, 0.2) is 42.5 Å². The van der Waals surface area contributed by atoms with Gasteiger partial charge in [0.15, 0.2) is 0 Å². The number of pyridine rings is 1. The quantitative estimate of drug-likeness (QED) is 0.671. The molecule has 1 aliphatic rings. The smallest absolute Gasteiger partial charge is 0.238 e. The summed E-state index contributed by atoms with van der Waals surface area (Å²) in [5.41, 5.74) is 1.69. The lowest BCUT2D eigenvalue weighted by atomic mass is 9.75. The van der Waals surface area contributed by atoms with E-state index >= 15 is 0 Å². The van der Waals surface area contributed by atoms with Gasteiger partial charge in [-0.25, -0.2) is 0 Å². The van der Waals surface area contributed by atoms with Gasteiger partial charge in [0.25, 0.3) is 0 Å². The van der Waals surface area contributed by atoms with Crippen LogP contribution >= 0.6 is 0 Å². The average molecular weight is 361 g/mol. The number of likely N-dealkylation sites (N-methyl/N-ethyl adjacent to an activating group) is 1. The SMILES string of the molecule is CN(C)C(=O)CCC1(C)C(=O)N(C)c2cccc3c2c1nc1ccccc13. The lowest BCUT2D eigenvalue weighted by Crippen LogP contribution is -2.47. The zero-order chi connectivity index (χ0) is 19.3. The minimum absolute atomic E-state index is 0.0163. The van der Waals surface area contributed by atoms with Gasteiger partial charge in [0.1, 0.15) is 0 Å². The predicted octanol–water partition coefficient (Wildman–Crippen LogP) is 3.49. The molecular formula is C22H23N3O2. The molecular weight excluding hydrogens is 338 g/mol. The number of anilines is 1. The lowest BCUT2D eigenvalue weighted by Gasteiger charge is -2.38. The van der Waals surface area contributed by atoms with Crippen LogP contribution < -0.4 is 4.90 Å². The molecule has 0 fully saturated rings. The van der Waals surface area contributed by atoms with Crippen LogP contribution in [0.4, 0.5) is 5.69 Å². The maximum Gasteiger partial charge on any atom is 0.238 e. The van der Waals surface area contributed by atoms with Crippen LogP contribution in [0.5, 0.6) is 0 Å². The van der Waals surface area contributed by atoms with E-state index in [4.69, 9.17) is 4.98 Å². The Kier molecular flexibility index (Phi) is 3.91. The van der Waals surface area contributed by atoms with Gasteiger partial charge >= 0.3 is 0 Å². The zero-order valence-electron chi connectivity index (χ0n) is 16.1. The fourth-order valence-electron chi connectivity index (χ4n) is 4.05. The van der Waals surface area contributed by atoms with Crippen LogP contribution in [0.3, 0.4) is 0 Å². The van der Waals surface area contributed by atoms with Gasteiger partial charge in [0, 0.05) is 38.3 Å². The summed E-state index contributed by atoms with van der Waals surface area (Å²) in [5.74, 6) is -0.000549. The van der Waals surface area contributed by atoms with E-state index in [9.17, 15) is 9.59 Å². The van der Waals surface area contributed by atoms with Crippen molar-refractivity contribution < 1.29 is 9.59 Å². The van der Waals surface area contributed by atoms with Crippen molar-refractivity contribution >= 4 is 39.2 Å². The number of benzene rings is 2. The highest BCUT2D eigenvalue weighted by atomic mass is 16.2. The number of aromatic nitrogens is 1. The molecule has 2 amide bonds. The predicted molar refractivity (Wildman–Crippen MR) is 108 cm³/mol. The largest absolute Gasteiger partial charge is 0.349 e. The van der Waals surface area contributed by atoms with E-state index in [0.29, 0.717) is 12.8 Å². The first-order chi connectivity index (χ1) is 12.8. The van der Waals surface area contributed by atoms with Crippen molar-refractivity contribution in [1.82, 2.24) is 9.88 Å². The van der Waals surface area contributed by atoms with Crippen molar-refractivity contribution in [2.75, 3.05) is 26.0 Å². The number of rotatable bonds is 3. The van der Waals surface area contributed by atoms with Gasteiger partial charge in [-0.05, 0) is 30.9 Å². The van der Waals surface area contributed by atoms with E-state index in [0.717, 1.165) is 33.1 Å².